The number of ether oxygens (including phenoxy) is 1. The summed E-state index contributed by atoms with van der Waals surface area (Å²) in [6.45, 7) is 7.37. The number of piperidine rings is 1. The summed E-state index contributed by atoms with van der Waals surface area (Å²) >= 11 is 0. The molecule has 1 aromatic carbocycles. The molecule has 5 nitrogen and oxygen atoms in total. The summed E-state index contributed by atoms with van der Waals surface area (Å²) in [6, 6.07) is 9.48. The Labute approximate surface area is 131 Å². The van der Waals surface area contributed by atoms with Gasteiger partial charge in [0.05, 0.1) is 0 Å². The number of rotatable bonds is 2. The van der Waals surface area contributed by atoms with Crippen molar-refractivity contribution >= 4 is 12.0 Å². The number of alkyl carbamates (subject to hydrolysis) is 1. The van der Waals surface area contributed by atoms with Crippen molar-refractivity contribution in [2.24, 2.45) is 0 Å². The zero-order valence-electron chi connectivity index (χ0n) is 13.6. The lowest BCUT2D eigenvalue weighted by Gasteiger charge is -2.35. The molecule has 1 aliphatic rings. The van der Waals surface area contributed by atoms with E-state index in [1.54, 1.807) is 20.8 Å². The summed E-state index contributed by atoms with van der Waals surface area (Å²) in [7, 11) is 0. The molecule has 0 unspecified atom stereocenters. The highest BCUT2D eigenvalue weighted by Crippen LogP contribution is 2.28. The van der Waals surface area contributed by atoms with Crippen LogP contribution in [-0.4, -0.2) is 29.7 Å². The Kier molecular flexibility index (Phi) is 4.74. The van der Waals surface area contributed by atoms with E-state index in [-0.39, 0.29) is 17.9 Å². The smallest absolute Gasteiger partial charge is 0.408 e. The third-order valence-electron chi connectivity index (χ3n) is 3.70. The van der Waals surface area contributed by atoms with Gasteiger partial charge in [0.1, 0.15) is 11.6 Å². The van der Waals surface area contributed by atoms with E-state index in [1.165, 1.54) is 0 Å². The fourth-order valence-electron chi connectivity index (χ4n) is 2.69. The van der Waals surface area contributed by atoms with Gasteiger partial charge in [-0.1, -0.05) is 30.3 Å². The Balaban J connectivity index is 2.06. The first-order valence-electron chi connectivity index (χ1n) is 7.61. The van der Waals surface area contributed by atoms with Crippen LogP contribution in [0.25, 0.3) is 0 Å². The molecule has 1 aliphatic heterocycles. The van der Waals surface area contributed by atoms with Gasteiger partial charge in [0.25, 0.3) is 0 Å². The van der Waals surface area contributed by atoms with E-state index < -0.39 is 17.7 Å². The number of amides is 2. The number of nitrogens with one attached hydrogen (secondary N) is 2. The lowest BCUT2D eigenvalue weighted by Crippen LogP contribution is -2.56. The molecular weight excluding hydrogens is 280 g/mol. The number of carbonyl (C=O) groups excluding carboxylic acids is 2. The molecule has 0 radical (unpaired) electrons. The van der Waals surface area contributed by atoms with Crippen LogP contribution in [0, 0.1) is 0 Å². The normalized spacial score (nSPS) is 25.3. The van der Waals surface area contributed by atoms with E-state index in [0.29, 0.717) is 6.42 Å². The first-order chi connectivity index (χ1) is 10.3. The van der Waals surface area contributed by atoms with Gasteiger partial charge in [0, 0.05) is 12.0 Å². The van der Waals surface area contributed by atoms with Gasteiger partial charge in [-0.25, -0.2) is 4.79 Å². The number of benzene rings is 1. The minimum Gasteiger partial charge on any atom is -0.444 e. The summed E-state index contributed by atoms with van der Waals surface area (Å²) in [5, 5.41) is 5.61. The highest BCUT2D eigenvalue weighted by atomic mass is 16.6. The second-order valence-corrected chi connectivity index (χ2v) is 6.75. The molecule has 1 saturated heterocycles. The molecule has 0 aromatic heterocycles. The topological polar surface area (TPSA) is 67.4 Å². The maximum Gasteiger partial charge on any atom is 0.408 e. The zero-order valence-corrected chi connectivity index (χ0v) is 13.6. The summed E-state index contributed by atoms with van der Waals surface area (Å²) in [5.74, 6) is 0.00405. The lowest BCUT2D eigenvalue weighted by atomic mass is 9.83. The minimum atomic E-state index is -0.582. The van der Waals surface area contributed by atoms with Gasteiger partial charge in [0.2, 0.25) is 5.91 Å². The second-order valence-electron chi connectivity index (χ2n) is 6.75. The maximum atomic E-state index is 12.1. The fraction of sp³-hybridized carbons (Fsp3) is 0.529. The molecule has 120 valence electrons. The lowest BCUT2D eigenvalue weighted by molar-refractivity contribution is -0.126. The Morgan fingerprint density at radius 1 is 1.27 bits per heavy atom. The molecule has 3 atom stereocenters. The van der Waals surface area contributed by atoms with E-state index in [4.69, 9.17) is 4.74 Å². The van der Waals surface area contributed by atoms with Crippen LogP contribution in [-0.2, 0) is 9.53 Å². The van der Waals surface area contributed by atoms with Crippen LogP contribution in [0.3, 0.4) is 0 Å². The van der Waals surface area contributed by atoms with Gasteiger partial charge in [-0.2, -0.15) is 0 Å². The van der Waals surface area contributed by atoms with E-state index in [0.717, 1.165) is 5.56 Å². The Hall–Kier alpha value is -2.04. The van der Waals surface area contributed by atoms with Gasteiger partial charge in [-0.05, 0) is 39.7 Å². The third kappa shape index (κ3) is 4.23. The molecule has 2 N–H and O–H groups in total. The standard InChI is InChI=1S/C17H24N2O3/c1-11-13(12-8-6-5-7-9-12)10-14(15(20)18-11)19-16(21)22-17(2,3)4/h5-9,11,13-14H,10H2,1-4H3,(H,18,20)(H,19,21)/t11-,13+,14-/m1/s1. The fourth-order valence-corrected chi connectivity index (χ4v) is 2.69. The third-order valence-corrected chi connectivity index (χ3v) is 3.70. The van der Waals surface area contributed by atoms with Gasteiger partial charge in [-0.15, -0.1) is 0 Å². The molecule has 0 spiro atoms. The van der Waals surface area contributed by atoms with Gasteiger partial charge in [0.15, 0.2) is 0 Å². The van der Waals surface area contributed by atoms with E-state index in [9.17, 15) is 9.59 Å². The van der Waals surface area contributed by atoms with Crippen molar-refractivity contribution in [3.05, 3.63) is 35.9 Å². The Morgan fingerprint density at radius 2 is 1.91 bits per heavy atom. The van der Waals surface area contributed by atoms with Crippen LogP contribution in [0.1, 0.15) is 45.6 Å². The van der Waals surface area contributed by atoms with Crippen molar-refractivity contribution in [3.63, 3.8) is 0 Å². The Bertz CT molecular complexity index is 537. The summed E-state index contributed by atoms with van der Waals surface area (Å²) in [5.41, 5.74) is 0.576. The Morgan fingerprint density at radius 3 is 2.50 bits per heavy atom. The molecule has 1 heterocycles. The summed E-state index contributed by atoms with van der Waals surface area (Å²) < 4.78 is 5.23. The summed E-state index contributed by atoms with van der Waals surface area (Å²) in [4.78, 5) is 24.0. The predicted molar refractivity (Wildman–Crippen MR) is 84.6 cm³/mol. The predicted octanol–water partition coefficient (Wildman–Crippen LogP) is 2.57. The maximum absolute atomic E-state index is 12.1. The first-order valence-corrected chi connectivity index (χ1v) is 7.61. The van der Waals surface area contributed by atoms with Crippen LogP contribution in [0.2, 0.25) is 0 Å². The highest BCUT2D eigenvalue weighted by molar-refractivity contribution is 5.86. The average Bonchev–Trinajstić information content (AvgIpc) is 2.41. The quantitative estimate of drug-likeness (QED) is 0.882. The molecule has 0 aliphatic carbocycles. The molecule has 0 saturated carbocycles. The van der Waals surface area contributed by atoms with E-state index in [2.05, 4.69) is 10.6 Å². The second kappa shape index (κ2) is 6.38. The van der Waals surface area contributed by atoms with Crippen LogP contribution >= 0.6 is 0 Å². The van der Waals surface area contributed by atoms with Crippen LogP contribution in [0.4, 0.5) is 4.79 Å². The minimum absolute atomic E-state index is 0.0339. The van der Waals surface area contributed by atoms with Gasteiger partial charge in [-0.3, -0.25) is 4.79 Å². The van der Waals surface area contributed by atoms with Crippen molar-refractivity contribution < 1.29 is 14.3 Å². The molecular formula is C17H24N2O3. The molecule has 5 heteroatoms. The van der Waals surface area contributed by atoms with Crippen molar-refractivity contribution in [1.82, 2.24) is 10.6 Å². The van der Waals surface area contributed by atoms with Crippen LogP contribution in [0.15, 0.2) is 30.3 Å². The SMILES string of the molecule is C[C@H]1NC(=O)[C@H](NC(=O)OC(C)(C)C)C[C@@H]1c1ccccc1. The summed E-state index contributed by atoms with van der Waals surface area (Å²) in [6.07, 6.45) is 0.00463. The average molecular weight is 304 g/mol. The molecule has 1 fully saturated rings. The molecule has 22 heavy (non-hydrogen) atoms. The molecule has 2 rings (SSSR count). The van der Waals surface area contributed by atoms with E-state index >= 15 is 0 Å². The molecule has 1 aromatic rings. The van der Waals surface area contributed by atoms with Crippen molar-refractivity contribution in [1.29, 1.82) is 0 Å². The van der Waals surface area contributed by atoms with E-state index in [1.807, 2.05) is 37.3 Å². The van der Waals surface area contributed by atoms with Crippen LogP contribution in [0.5, 0.6) is 0 Å². The van der Waals surface area contributed by atoms with Crippen molar-refractivity contribution in [3.8, 4) is 0 Å². The number of hydrogen-bond acceptors (Lipinski definition) is 3. The number of hydrogen-bond donors (Lipinski definition) is 2. The largest absolute Gasteiger partial charge is 0.444 e. The highest BCUT2D eigenvalue weighted by Gasteiger charge is 2.35. The number of carbonyl (C=O) groups is 2. The monoisotopic (exact) mass is 304 g/mol. The molecule has 2 amide bonds. The van der Waals surface area contributed by atoms with Gasteiger partial charge < -0.3 is 15.4 Å². The van der Waals surface area contributed by atoms with Crippen molar-refractivity contribution in [2.45, 2.75) is 57.7 Å². The van der Waals surface area contributed by atoms with Gasteiger partial charge >= 0.3 is 6.09 Å². The first kappa shape index (κ1) is 16.3. The van der Waals surface area contributed by atoms with Crippen molar-refractivity contribution in [2.75, 3.05) is 0 Å². The zero-order chi connectivity index (χ0) is 16.3. The molecule has 0 bridgehead atoms. The van der Waals surface area contributed by atoms with Crippen LogP contribution < -0.4 is 10.6 Å².